The Morgan fingerprint density at radius 2 is 0.444 bits per heavy atom. The van der Waals surface area contributed by atoms with E-state index in [0.29, 0.717) is 20.2 Å². The second-order valence-corrected chi connectivity index (χ2v) is 31.0. The van der Waals surface area contributed by atoms with Crippen LogP contribution in [0.5, 0.6) is 0 Å². The van der Waals surface area contributed by atoms with Crippen LogP contribution in [0.15, 0.2) is 24.3 Å². The standard InChI is InChI=1S/C6H4Ge2.4C6H15Si/c7-5-1-2-6(8)4-3-5;4*1-6(2,3)7(4)5/h1-4H;4*1-5H3. The minimum absolute atomic E-state index is 0.0502. The predicted molar refractivity (Wildman–Crippen MR) is 186 cm³/mol. The van der Waals surface area contributed by atoms with Crippen molar-refractivity contribution in [1.29, 1.82) is 0 Å². The van der Waals surface area contributed by atoms with Gasteiger partial charge < -0.3 is 0 Å². The fourth-order valence-corrected chi connectivity index (χ4v) is 1.17. The van der Waals surface area contributed by atoms with Gasteiger partial charge in [-0.25, -0.2) is 0 Å². The fourth-order valence-electron chi connectivity index (χ4n) is 0.470. The van der Waals surface area contributed by atoms with Gasteiger partial charge >= 0.3 is 66.1 Å². The maximum absolute atomic E-state index is 2.35. The molecule has 0 bridgehead atoms. The Kier molecular flexibility index (Phi) is 24.7. The van der Waals surface area contributed by atoms with E-state index in [1.807, 2.05) is 0 Å². The fraction of sp³-hybridized carbons (Fsp3) is 0.800. The summed E-state index contributed by atoms with van der Waals surface area (Å²) in [6, 6.07) is 8.48. The number of rotatable bonds is 0. The van der Waals surface area contributed by atoms with Crippen LogP contribution in [0.2, 0.25) is 72.5 Å². The molecule has 0 nitrogen and oxygen atoms in total. The van der Waals surface area contributed by atoms with Crippen molar-refractivity contribution in [1.82, 2.24) is 0 Å². The molecule has 1 aromatic carbocycles. The monoisotopic (exact) mass is 684 g/mol. The van der Waals surface area contributed by atoms with Crippen molar-refractivity contribution in [2.24, 2.45) is 0 Å². The van der Waals surface area contributed by atoms with Gasteiger partial charge in [-0.1, -0.05) is 135 Å². The third-order valence-corrected chi connectivity index (χ3v) is 20.3. The molecule has 10 radical (unpaired) electrons. The summed E-state index contributed by atoms with van der Waals surface area (Å²) in [5.74, 6) is 0. The summed E-state index contributed by atoms with van der Waals surface area (Å²) < 4.78 is 2.66. The molecular formula is C30H64Ge2Si4. The molecule has 0 saturated carbocycles. The first-order valence-corrected chi connectivity index (χ1v) is 25.4. The van der Waals surface area contributed by atoms with Gasteiger partial charge in [0.1, 0.15) is 0 Å². The van der Waals surface area contributed by atoms with Gasteiger partial charge in [-0.05, 0) is 20.2 Å². The Morgan fingerprint density at radius 1 is 0.361 bits per heavy atom. The molecule has 0 saturated heterocycles. The maximum atomic E-state index is 2.35. The van der Waals surface area contributed by atoms with E-state index in [1.165, 1.54) is 8.79 Å². The van der Waals surface area contributed by atoms with Crippen molar-refractivity contribution in [2.75, 3.05) is 0 Å². The molecule has 0 heterocycles. The third kappa shape index (κ3) is 33.2. The Bertz CT molecular complexity index is 532. The topological polar surface area (TPSA) is 0 Å². The van der Waals surface area contributed by atoms with Crippen LogP contribution in [0, 0.1) is 0 Å². The van der Waals surface area contributed by atoms with Crippen LogP contribution in [-0.2, 0) is 0 Å². The molecule has 0 aliphatic rings. The summed E-state index contributed by atoms with van der Waals surface area (Å²) in [5.41, 5.74) is 0. The number of hydrogen-bond donors (Lipinski definition) is 0. The van der Waals surface area contributed by atoms with Crippen molar-refractivity contribution < 1.29 is 0 Å². The second kappa shape index (κ2) is 20.1. The normalized spacial score (nSPS) is 12.1. The van der Waals surface area contributed by atoms with Gasteiger partial charge in [-0.3, -0.25) is 0 Å². The van der Waals surface area contributed by atoms with Crippen molar-refractivity contribution in [2.45, 2.75) is 156 Å². The van der Waals surface area contributed by atoms with E-state index >= 15 is 0 Å². The van der Waals surface area contributed by atoms with Gasteiger partial charge in [0.05, 0.1) is 0 Å². The third-order valence-electron chi connectivity index (χ3n) is 6.88. The molecule has 1 aromatic rings. The van der Waals surface area contributed by atoms with Gasteiger partial charge in [-0.2, -0.15) is 0 Å². The first-order valence-electron chi connectivity index (χ1n) is 13.3. The van der Waals surface area contributed by atoms with Crippen LogP contribution in [0.25, 0.3) is 0 Å². The van der Waals surface area contributed by atoms with E-state index in [2.05, 4.69) is 193 Å². The SMILES string of the molecule is C[Si](C)C(C)(C)C.C[Si](C)C(C)(C)C.C[Si](C)C(C)(C)C.C[Si](C)C(C)(C)C.[Ge][c]1cc[c]([Ge])cc1. The van der Waals surface area contributed by atoms with E-state index in [9.17, 15) is 0 Å². The molecule has 6 heteroatoms. The average Bonchev–Trinajstić information content (AvgIpc) is 2.63. The number of hydrogen-bond acceptors (Lipinski definition) is 0. The van der Waals surface area contributed by atoms with Crippen molar-refractivity contribution in [3.8, 4) is 0 Å². The Morgan fingerprint density at radius 3 is 0.500 bits per heavy atom. The second-order valence-electron chi connectivity index (χ2n) is 14.6. The molecule has 0 aliphatic carbocycles. The molecule has 0 N–H and O–H groups in total. The minimum atomic E-state index is -0.0502. The summed E-state index contributed by atoms with van der Waals surface area (Å²) >= 11 is 4.19. The summed E-state index contributed by atoms with van der Waals surface area (Å²) in [7, 11) is -0.201. The quantitative estimate of drug-likeness (QED) is 0.239. The zero-order valence-electron chi connectivity index (χ0n) is 28.3. The molecule has 0 unspecified atom stereocenters. The van der Waals surface area contributed by atoms with Gasteiger partial charge in [0.2, 0.25) is 0 Å². The summed E-state index contributed by atoms with van der Waals surface area (Å²) in [6.07, 6.45) is 0. The van der Waals surface area contributed by atoms with E-state index in [4.69, 9.17) is 0 Å². The molecule has 36 heavy (non-hydrogen) atoms. The molecule has 0 aliphatic heterocycles. The van der Waals surface area contributed by atoms with Crippen molar-refractivity contribution in [3.05, 3.63) is 24.3 Å². The van der Waals surface area contributed by atoms with Crippen LogP contribution < -0.4 is 8.79 Å². The summed E-state index contributed by atoms with van der Waals surface area (Å²) in [5, 5.41) is 2.41. The van der Waals surface area contributed by atoms with E-state index < -0.39 is 0 Å². The van der Waals surface area contributed by atoms with Crippen LogP contribution in [-0.4, -0.2) is 68.2 Å². The molecule has 0 amide bonds. The Labute approximate surface area is 255 Å². The molecule has 1 rings (SSSR count). The van der Waals surface area contributed by atoms with E-state index in [1.54, 1.807) is 0 Å². The molecular weight excluding hydrogens is 618 g/mol. The molecule has 0 spiro atoms. The number of benzene rings is 1. The van der Waals surface area contributed by atoms with Crippen LogP contribution in [0.3, 0.4) is 0 Å². The van der Waals surface area contributed by atoms with E-state index in [-0.39, 0.29) is 35.2 Å². The zero-order chi connectivity index (χ0) is 30.3. The Hall–Kier alpha value is 1.17. The molecule has 208 valence electrons. The van der Waals surface area contributed by atoms with Gasteiger partial charge in [0, 0.05) is 35.2 Å². The molecule has 0 atom stereocenters. The average molecular weight is 682 g/mol. The van der Waals surface area contributed by atoms with Crippen molar-refractivity contribution in [3.63, 3.8) is 0 Å². The predicted octanol–water partition coefficient (Wildman–Crippen LogP) is 9.44. The Balaban J connectivity index is -0.000000178. The van der Waals surface area contributed by atoms with Gasteiger partial charge in [-0.15, -0.1) is 0 Å². The van der Waals surface area contributed by atoms with Gasteiger partial charge in [0.15, 0.2) is 0 Å². The molecule has 0 aromatic heterocycles. The first-order chi connectivity index (χ1) is 15.6. The van der Waals surface area contributed by atoms with E-state index in [0.717, 1.165) is 0 Å². The summed E-state index contributed by atoms with van der Waals surface area (Å²) in [4.78, 5) is 0. The van der Waals surface area contributed by atoms with Crippen LogP contribution in [0.1, 0.15) is 83.1 Å². The first kappa shape index (κ1) is 44.2. The summed E-state index contributed by atoms with van der Waals surface area (Å²) in [6.45, 7) is 46.5. The zero-order valence-corrected chi connectivity index (χ0v) is 36.5. The van der Waals surface area contributed by atoms with Crippen LogP contribution >= 0.6 is 0 Å². The van der Waals surface area contributed by atoms with Crippen LogP contribution in [0.4, 0.5) is 0 Å². The molecule has 0 fully saturated rings. The van der Waals surface area contributed by atoms with Crippen molar-refractivity contribution >= 4 is 77.0 Å². The van der Waals surface area contributed by atoms with Gasteiger partial charge in [0.25, 0.3) is 0 Å².